The van der Waals surface area contributed by atoms with Crippen molar-refractivity contribution in [2.75, 3.05) is 0 Å². The van der Waals surface area contributed by atoms with E-state index in [1.165, 1.54) is 103 Å². The summed E-state index contributed by atoms with van der Waals surface area (Å²) in [5, 5.41) is 0. The molecule has 0 bridgehead atoms. The fraction of sp³-hybridized carbons (Fsp3) is 0.867. The second-order valence-corrected chi connectivity index (χ2v) is 43.4. The topological polar surface area (TPSA) is 0 Å². The molecule has 0 spiro atoms. The van der Waals surface area contributed by atoms with E-state index in [4.69, 9.17) is 34.1 Å². The summed E-state index contributed by atoms with van der Waals surface area (Å²) < 4.78 is 0. The van der Waals surface area contributed by atoms with Gasteiger partial charge in [0.25, 0.3) is 0 Å². The van der Waals surface area contributed by atoms with Crippen LogP contribution in [-0.2, 0) is 41.7 Å². The standard InChI is InChI=1S/2C28H48Si.4CH3.4ClH.2Zr/c2*1-19-17-22-13-8-9-14-24(22)27(19)29(3,4)28-20(2)18-26-23(15-10-16-25(26)28)21-11-6-5-7-12-21;;;;;;;;;;/h2*11,19-20,22-28H,5-10,12-18H2,1-4H3;4*1H3;4*1H;;/q;;4*-1;;;;;2*+4/p-4. The van der Waals surface area contributed by atoms with Crippen molar-refractivity contribution in [3.63, 3.8) is 0 Å². The normalized spacial score (nSPS) is 41.4. The van der Waals surface area contributed by atoms with Crippen molar-refractivity contribution >= 4 is 50.2 Å². The van der Waals surface area contributed by atoms with Gasteiger partial charge in [-0.25, -0.2) is 0 Å². The maximum absolute atomic E-state index is 4.93. The fourth-order valence-electron chi connectivity index (χ4n) is 21.2. The van der Waals surface area contributed by atoms with Gasteiger partial charge in [-0.15, -0.1) is 0 Å². The first-order chi connectivity index (χ1) is 30.8. The van der Waals surface area contributed by atoms with Crippen LogP contribution in [0.5, 0.6) is 0 Å². The molecule has 10 aliphatic rings. The Balaban J connectivity index is 0.000000307. The Kier molecular flexibility index (Phi) is 28.8. The summed E-state index contributed by atoms with van der Waals surface area (Å²) in [7, 11) is 17.2. The van der Waals surface area contributed by atoms with Crippen LogP contribution in [0, 0.1) is 113 Å². The summed E-state index contributed by atoms with van der Waals surface area (Å²) in [5.74, 6) is 14.8. The van der Waals surface area contributed by atoms with Crippen molar-refractivity contribution in [1.29, 1.82) is 0 Å². The van der Waals surface area contributed by atoms with Crippen molar-refractivity contribution in [2.24, 2.45) is 82.9 Å². The number of allylic oxidation sites excluding steroid dienone is 4. The van der Waals surface area contributed by atoms with Crippen molar-refractivity contribution in [3.8, 4) is 0 Å². The van der Waals surface area contributed by atoms with E-state index in [0.29, 0.717) is 0 Å². The number of fused-ring (bicyclic) bond motifs is 4. The summed E-state index contributed by atoms with van der Waals surface area (Å²) in [5.41, 5.74) is 8.33. The van der Waals surface area contributed by atoms with E-state index in [0.717, 1.165) is 105 Å². The van der Waals surface area contributed by atoms with Gasteiger partial charge in [-0.1, -0.05) is 154 Å². The third kappa shape index (κ3) is 14.3. The molecular weight excluding hydrogens is 1100 g/mol. The van der Waals surface area contributed by atoms with E-state index in [-0.39, 0.29) is 29.7 Å². The average Bonchev–Trinajstić information content (AvgIpc) is 4.03. The van der Waals surface area contributed by atoms with Crippen LogP contribution in [0.15, 0.2) is 23.3 Å². The molecule has 0 N–H and O–H groups in total. The number of hydrogen-bond acceptors (Lipinski definition) is 0. The molecule has 0 heterocycles. The van der Waals surface area contributed by atoms with E-state index in [1.54, 1.807) is 64.2 Å². The minimum absolute atomic E-state index is 0. The van der Waals surface area contributed by atoms with E-state index in [9.17, 15) is 0 Å². The summed E-state index contributed by atoms with van der Waals surface area (Å²) in [4.78, 5) is 0. The zero-order valence-corrected chi connectivity index (χ0v) is 56.4. The SMILES string of the molecule is CC1CC2CCCCC2C1[Si](C)(C)C1C(C)CC2C(C3=CCCCC3)CCCC21.CC1CC2CCCCC2C1[Si](C)(C)C1C(C)CC2C(C3=CCCCC3)CCCC21.[CH3-].[CH3-].[CH3-].[CH3-].[Cl][Zr+2][Cl].[Cl][Zr+2][Cl]. The van der Waals surface area contributed by atoms with Gasteiger partial charge < -0.3 is 29.7 Å². The molecule has 0 nitrogen and oxygen atoms in total. The molecule has 18 atom stereocenters. The first kappa shape index (κ1) is 65.1. The predicted octanol–water partition coefficient (Wildman–Crippen LogP) is 22.3. The molecule has 8 heteroatoms. The molecule has 68 heavy (non-hydrogen) atoms. The van der Waals surface area contributed by atoms with E-state index >= 15 is 0 Å². The number of rotatable bonds is 6. The molecule has 18 unspecified atom stereocenters. The predicted molar refractivity (Wildman–Crippen MR) is 307 cm³/mol. The average molecular weight is 1210 g/mol. The van der Waals surface area contributed by atoms with Gasteiger partial charge in [0.2, 0.25) is 0 Å². The van der Waals surface area contributed by atoms with Gasteiger partial charge in [-0.3, -0.25) is 0 Å². The molecule has 0 radical (unpaired) electrons. The first-order valence-corrected chi connectivity index (χ1v) is 47.1. The van der Waals surface area contributed by atoms with Crippen LogP contribution < -0.4 is 0 Å². The second kappa shape index (κ2) is 30.1. The monoisotopic (exact) mass is 1200 g/mol. The Bertz CT molecular complexity index is 1410. The quantitative estimate of drug-likeness (QED) is 0.141. The van der Waals surface area contributed by atoms with Crippen molar-refractivity contribution in [1.82, 2.24) is 0 Å². The molecule has 0 aliphatic heterocycles. The second-order valence-electron chi connectivity index (χ2n) is 25.9. The third-order valence-electron chi connectivity index (χ3n) is 22.1. The van der Waals surface area contributed by atoms with Crippen LogP contribution in [0.4, 0.5) is 0 Å². The van der Waals surface area contributed by atoms with E-state index in [1.807, 2.05) is 11.1 Å². The third-order valence-corrected chi connectivity index (χ3v) is 33.0. The van der Waals surface area contributed by atoms with Crippen molar-refractivity contribution in [2.45, 2.75) is 243 Å². The summed E-state index contributed by atoms with van der Waals surface area (Å²) in [6.07, 6.45) is 44.9. The zero-order valence-electron chi connectivity index (χ0n) is 46.4. The number of hydrogen-bond donors (Lipinski definition) is 0. The van der Waals surface area contributed by atoms with Gasteiger partial charge in [0.1, 0.15) is 0 Å². The Hall–Kier alpha value is 2.84. The molecule has 8 saturated carbocycles. The fourth-order valence-corrected chi connectivity index (χ4v) is 34.6. The Morgan fingerprint density at radius 3 is 1.03 bits per heavy atom. The van der Waals surface area contributed by atoms with Crippen LogP contribution in [0.2, 0.25) is 48.4 Å². The molecule has 0 aromatic heterocycles. The van der Waals surface area contributed by atoms with E-state index in [2.05, 4.69) is 66.0 Å². The van der Waals surface area contributed by atoms with Crippen LogP contribution in [-0.4, -0.2) is 16.1 Å². The van der Waals surface area contributed by atoms with Crippen LogP contribution in [0.1, 0.15) is 195 Å². The number of halogens is 4. The molecule has 0 amide bonds. The molecule has 10 aliphatic carbocycles. The van der Waals surface area contributed by atoms with Gasteiger partial charge in [-0.2, -0.15) is 0 Å². The van der Waals surface area contributed by atoms with Crippen LogP contribution in [0.25, 0.3) is 0 Å². The molecule has 10 rings (SSSR count). The molecule has 8 fully saturated rings. The molecule has 392 valence electrons. The zero-order chi connectivity index (χ0) is 45.8. The van der Waals surface area contributed by atoms with Gasteiger partial charge in [0.15, 0.2) is 0 Å². The van der Waals surface area contributed by atoms with Gasteiger partial charge in [-0.05, 0) is 195 Å². The molecule has 0 saturated heterocycles. The van der Waals surface area contributed by atoms with Crippen molar-refractivity contribution < 1.29 is 41.7 Å². The summed E-state index contributed by atoms with van der Waals surface area (Å²) in [6, 6.07) is 0. The van der Waals surface area contributed by atoms with Crippen LogP contribution >= 0.6 is 34.1 Å². The van der Waals surface area contributed by atoms with Gasteiger partial charge >= 0.3 is 75.7 Å². The van der Waals surface area contributed by atoms with Crippen molar-refractivity contribution in [3.05, 3.63) is 53.0 Å². The van der Waals surface area contributed by atoms with Gasteiger partial charge in [0.05, 0.1) is 16.1 Å². The Morgan fingerprint density at radius 1 is 0.382 bits per heavy atom. The van der Waals surface area contributed by atoms with E-state index < -0.39 is 57.8 Å². The summed E-state index contributed by atoms with van der Waals surface area (Å²) in [6.45, 7) is 22.3. The summed E-state index contributed by atoms with van der Waals surface area (Å²) >= 11 is -1.65. The molecule has 0 aromatic rings. The minimum atomic E-state index is -1.28. The molecular formula is C60H108Cl4Si2Zr2. The Morgan fingerprint density at radius 2 is 0.691 bits per heavy atom. The molecule has 0 aromatic carbocycles. The van der Waals surface area contributed by atoms with Crippen LogP contribution in [0.3, 0.4) is 0 Å². The van der Waals surface area contributed by atoms with Gasteiger partial charge in [0, 0.05) is 0 Å². The maximum atomic E-state index is 4.93. The first-order valence-electron chi connectivity index (χ1n) is 28.1. The Labute approximate surface area is 465 Å².